The Morgan fingerprint density at radius 3 is 2.61 bits per heavy atom. The molecule has 1 aliphatic heterocycles. The van der Waals surface area contributed by atoms with Crippen LogP contribution in [0.2, 0.25) is 5.02 Å². The summed E-state index contributed by atoms with van der Waals surface area (Å²) in [6, 6.07) is 1.82. The van der Waals surface area contributed by atoms with Crippen LogP contribution in [0.5, 0.6) is 0 Å². The van der Waals surface area contributed by atoms with Gasteiger partial charge in [-0.1, -0.05) is 11.6 Å². The van der Waals surface area contributed by atoms with Crippen molar-refractivity contribution in [2.75, 3.05) is 0 Å². The van der Waals surface area contributed by atoms with Crippen molar-refractivity contribution in [2.24, 2.45) is 20.7 Å². The Morgan fingerprint density at radius 2 is 2.06 bits per heavy atom. The van der Waals surface area contributed by atoms with Crippen LogP contribution in [0.1, 0.15) is 10.6 Å². The maximum Gasteiger partial charge on any atom is 0.282 e. The van der Waals surface area contributed by atoms with Crippen LogP contribution in [0.3, 0.4) is 0 Å². The molecule has 0 amide bonds. The smallest absolute Gasteiger partial charge is 0.235 e. The van der Waals surface area contributed by atoms with E-state index in [0.717, 1.165) is 14.9 Å². The molecule has 0 aliphatic carbocycles. The average Bonchev–Trinajstić information content (AvgIpc) is 3.02. The van der Waals surface area contributed by atoms with Crippen LogP contribution in [0.4, 0.5) is 0 Å². The minimum absolute atomic E-state index is 0.626. The average molecular weight is 316 g/mol. The number of thiazole rings is 1. The molecule has 0 saturated heterocycles. The Morgan fingerprint density at radius 1 is 1.28 bits per heavy atom. The van der Waals surface area contributed by atoms with Gasteiger partial charge in [0, 0.05) is 11.1 Å². The van der Waals surface area contributed by atoms with E-state index in [1.165, 1.54) is 23.1 Å². The Hall–Kier alpha value is -0.830. The summed E-state index contributed by atoms with van der Waals surface area (Å²) in [6.45, 7) is 1.95. The van der Waals surface area contributed by atoms with Gasteiger partial charge in [0.05, 0.1) is 9.90 Å². The Bertz CT molecular complexity index is 620. The van der Waals surface area contributed by atoms with E-state index in [4.69, 9.17) is 11.6 Å². The van der Waals surface area contributed by atoms with E-state index in [1.807, 2.05) is 23.8 Å². The Kier molecular flexibility index (Phi) is 3.18. The monoisotopic (exact) mass is 315 g/mol. The molecular formula is C9H6ClN5S3. The summed E-state index contributed by atoms with van der Waals surface area (Å²) < 4.78 is 0.872. The van der Waals surface area contributed by atoms with Crippen LogP contribution in [0, 0.1) is 6.92 Å². The van der Waals surface area contributed by atoms with E-state index >= 15 is 0 Å². The van der Waals surface area contributed by atoms with Gasteiger partial charge in [-0.2, -0.15) is 0 Å². The fraction of sp³-hybridized carbons (Fsp3) is 0.222. The van der Waals surface area contributed by atoms with Crippen molar-refractivity contribution in [2.45, 2.75) is 16.3 Å². The zero-order valence-corrected chi connectivity index (χ0v) is 12.3. The lowest BCUT2D eigenvalue weighted by molar-refractivity contribution is 0.703. The van der Waals surface area contributed by atoms with Gasteiger partial charge in [0.15, 0.2) is 4.34 Å². The third-order valence-electron chi connectivity index (χ3n) is 2.14. The molecule has 0 spiro atoms. The number of nitrogens with zero attached hydrogens (tertiary/aromatic N) is 5. The van der Waals surface area contributed by atoms with Crippen molar-refractivity contribution in [3.8, 4) is 0 Å². The molecule has 3 rings (SSSR count). The third kappa shape index (κ3) is 2.09. The number of rotatable bonds is 3. The van der Waals surface area contributed by atoms with Crippen molar-refractivity contribution in [1.29, 1.82) is 0 Å². The zero-order valence-electron chi connectivity index (χ0n) is 9.07. The topological polar surface area (TPSA) is 62.3 Å². The second-order valence-electron chi connectivity index (χ2n) is 3.44. The van der Waals surface area contributed by atoms with Gasteiger partial charge in [-0.05, 0) is 40.6 Å². The van der Waals surface area contributed by atoms with Gasteiger partial charge < -0.3 is 0 Å². The molecule has 92 valence electrons. The highest BCUT2D eigenvalue weighted by Crippen LogP contribution is 2.51. The lowest BCUT2D eigenvalue weighted by Gasteiger charge is -2.16. The van der Waals surface area contributed by atoms with Crippen LogP contribution in [0.15, 0.2) is 41.8 Å². The fourth-order valence-corrected chi connectivity index (χ4v) is 4.87. The van der Waals surface area contributed by atoms with Crippen LogP contribution >= 0.6 is 46.0 Å². The maximum atomic E-state index is 6.16. The zero-order chi connectivity index (χ0) is 12.6. The lowest BCUT2D eigenvalue weighted by atomic mass is 10.4. The van der Waals surface area contributed by atoms with Crippen molar-refractivity contribution in [1.82, 2.24) is 4.98 Å². The van der Waals surface area contributed by atoms with E-state index in [1.54, 1.807) is 11.3 Å². The lowest BCUT2D eigenvalue weighted by Crippen LogP contribution is -2.11. The van der Waals surface area contributed by atoms with Crippen LogP contribution < -0.4 is 0 Å². The highest BCUT2D eigenvalue weighted by Gasteiger charge is 2.41. The number of halogens is 1. The molecule has 0 bridgehead atoms. The van der Waals surface area contributed by atoms with E-state index in [0.29, 0.717) is 5.02 Å². The number of aromatic nitrogens is 1. The summed E-state index contributed by atoms with van der Waals surface area (Å²) in [7, 11) is 0. The Labute approximate surface area is 120 Å². The summed E-state index contributed by atoms with van der Waals surface area (Å²) >= 11 is 10.6. The predicted octanol–water partition coefficient (Wildman–Crippen LogP) is 4.90. The summed E-state index contributed by atoms with van der Waals surface area (Å²) in [4.78, 5) is 4.32. The molecule has 0 saturated carbocycles. The number of thioether (sulfide) groups is 1. The summed E-state index contributed by atoms with van der Waals surface area (Å²) in [6.07, 6.45) is 0. The van der Waals surface area contributed by atoms with E-state index in [-0.39, 0.29) is 0 Å². The van der Waals surface area contributed by atoms with Gasteiger partial charge in [-0.15, -0.1) is 32.9 Å². The van der Waals surface area contributed by atoms with Crippen molar-refractivity contribution in [3.05, 3.63) is 32.4 Å². The predicted molar refractivity (Wildman–Crippen MR) is 73.4 cm³/mol. The van der Waals surface area contributed by atoms with Gasteiger partial charge in [0.25, 0.3) is 4.99 Å². The Balaban J connectivity index is 2.01. The summed E-state index contributed by atoms with van der Waals surface area (Å²) in [5.74, 6) is 0. The van der Waals surface area contributed by atoms with Gasteiger partial charge >= 0.3 is 0 Å². The minimum Gasteiger partial charge on any atom is -0.235 e. The first-order chi connectivity index (χ1) is 8.70. The normalized spacial score (nSPS) is 16.6. The van der Waals surface area contributed by atoms with Gasteiger partial charge in [0.1, 0.15) is 0 Å². The summed E-state index contributed by atoms with van der Waals surface area (Å²) in [5.41, 5.74) is 0.974. The third-order valence-corrected chi connectivity index (χ3v) is 5.92. The van der Waals surface area contributed by atoms with Crippen LogP contribution in [-0.2, 0) is 4.99 Å². The van der Waals surface area contributed by atoms with Crippen molar-refractivity contribution < 1.29 is 0 Å². The molecule has 9 heteroatoms. The summed E-state index contributed by atoms with van der Waals surface area (Å²) in [5, 5.41) is 20.0. The molecular weight excluding hydrogens is 310 g/mol. The van der Waals surface area contributed by atoms with Gasteiger partial charge in [-0.25, -0.2) is 4.98 Å². The second kappa shape index (κ2) is 4.69. The number of aryl methyl sites for hydroxylation is 1. The molecule has 3 heterocycles. The van der Waals surface area contributed by atoms with E-state index in [2.05, 4.69) is 25.7 Å². The van der Waals surface area contributed by atoms with Crippen molar-refractivity contribution in [3.63, 3.8) is 0 Å². The second-order valence-corrected chi connectivity index (χ2v) is 7.04. The maximum absolute atomic E-state index is 6.16. The molecule has 5 nitrogen and oxygen atoms in total. The first-order valence-corrected chi connectivity index (χ1v) is 7.84. The highest BCUT2D eigenvalue weighted by molar-refractivity contribution is 8.02. The standard InChI is InChI=1S/C9H6ClN5S3/c1-5-4-17-8(11-5)18-9(12-14-15-13-9)7-6(10)2-3-16-7/h2-4H,1H3. The number of hydrogen-bond donors (Lipinski definition) is 0. The quantitative estimate of drug-likeness (QED) is 0.808. The molecule has 0 atom stereocenters. The van der Waals surface area contributed by atoms with Gasteiger partial charge in [0.2, 0.25) is 0 Å². The molecule has 18 heavy (non-hydrogen) atoms. The molecule has 0 aromatic carbocycles. The van der Waals surface area contributed by atoms with Gasteiger partial charge in [-0.3, -0.25) is 0 Å². The largest absolute Gasteiger partial charge is 0.282 e. The van der Waals surface area contributed by atoms with E-state index in [9.17, 15) is 0 Å². The molecule has 2 aromatic heterocycles. The molecule has 0 N–H and O–H groups in total. The molecule has 0 unspecified atom stereocenters. The highest BCUT2D eigenvalue weighted by atomic mass is 35.5. The first kappa shape index (κ1) is 12.2. The minimum atomic E-state index is -0.907. The van der Waals surface area contributed by atoms with Crippen molar-refractivity contribution >= 4 is 46.0 Å². The molecule has 1 aliphatic rings. The number of hydrogen-bond acceptors (Lipinski definition) is 8. The van der Waals surface area contributed by atoms with Crippen LogP contribution in [-0.4, -0.2) is 4.98 Å². The first-order valence-electron chi connectivity index (χ1n) is 4.88. The number of thiophene rings is 1. The fourth-order valence-electron chi connectivity index (χ4n) is 1.39. The molecule has 0 fully saturated rings. The van der Waals surface area contributed by atoms with Crippen LogP contribution in [0.25, 0.3) is 0 Å². The van der Waals surface area contributed by atoms with E-state index < -0.39 is 4.99 Å². The molecule has 0 radical (unpaired) electrons. The SMILES string of the molecule is Cc1csc(SC2(c3sccc3Cl)N=NN=N2)n1. The molecule has 2 aromatic rings.